The lowest BCUT2D eigenvalue weighted by molar-refractivity contribution is 0.131. The molecule has 1 aliphatic heterocycles. The van der Waals surface area contributed by atoms with E-state index in [4.69, 9.17) is 4.74 Å². The molecule has 2 aromatic rings. The Morgan fingerprint density at radius 1 is 0.935 bits per heavy atom. The molecule has 0 bridgehead atoms. The Kier molecular flexibility index (Phi) is 9.18. The lowest BCUT2D eigenvalue weighted by Crippen LogP contribution is -2.45. The van der Waals surface area contributed by atoms with E-state index in [9.17, 15) is 0 Å². The number of methoxy groups -OCH3 is 1. The Morgan fingerprint density at radius 3 is 2.26 bits per heavy atom. The summed E-state index contributed by atoms with van der Waals surface area (Å²) in [4.78, 5) is 9.47. The van der Waals surface area contributed by atoms with Gasteiger partial charge in [0.15, 0.2) is 5.96 Å². The number of benzene rings is 2. The van der Waals surface area contributed by atoms with Crippen molar-refractivity contribution in [2.24, 2.45) is 4.99 Å². The van der Waals surface area contributed by atoms with Crippen LogP contribution in [0.1, 0.15) is 23.6 Å². The Hall–Kier alpha value is -2.57. The number of guanidine groups is 1. The summed E-state index contributed by atoms with van der Waals surface area (Å²) in [5.41, 5.74) is 4.00. The molecule has 3 rings (SSSR count). The zero-order chi connectivity index (χ0) is 21.9. The number of ether oxygens (including phenoxy) is 1. The zero-order valence-electron chi connectivity index (χ0n) is 19.2. The average Bonchev–Trinajstić information content (AvgIpc) is 2.83. The Morgan fingerprint density at radius 2 is 1.61 bits per heavy atom. The van der Waals surface area contributed by atoms with Crippen molar-refractivity contribution in [3.63, 3.8) is 0 Å². The summed E-state index contributed by atoms with van der Waals surface area (Å²) in [6.45, 7) is 10.6. The van der Waals surface area contributed by atoms with Gasteiger partial charge in [-0.3, -0.25) is 9.89 Å². The van der Waals surface area contributed by atoms with Crippen LogP contribution in [0.3, 0.4) is 0 Å². The van der Waals surface area contributed by atoms with Gasteiger partial charge in [0.1, 0.15) is 5.75 Å². The second kappa shape index (κ2) is 12.3. The molecule has 0 aliphatic carbocycles. The fraction of sp³-hybridized carbons (Fsp3) is 0.480. The molecule has 2 aromatic carbocycles. The largest absolute Gasteiger partial charge is 0.497 e. The van der Waals surface area contributed by atoms with Gasteiger partial charge in [-0.1, -0.05) is 43.3 Å². The molecule has 6 nitrogen and oxygen atoms in total. The van der Waals surface area contributed by atoms with Gasteiger partial charge in [0.25, 0.3) is 0 Å². The molecule has 6 heteroatoms. The van der Waals surface area contributed by atoms with Crippen LogP contribution < -0.4 is 15.4 Å². The molecule has 1 heterocycles. The molecule has 0 saturated carbocycles. The lowest BCUT2D eigenvalue weighted by Gasteiger charge is -2.34. The molecule has 1 aliphatic rings. The maximum absolute atomic E-state index is 5.22. The minimum Gasteiger partial charge on any atom is -0.497 e. The summed E-state index contributed by atoms with van der Waals surface area (Å²) in [6.07, 6.45) is 0.936. The number of nitrogens with one attached hydrogen (secondary N) is 2. The van der Waals surface area contributed by atoms with Gasteiger partial charge in [0.2, 0.25) is 0 Å². The quantitative estimate of drug-likeness (QED) is 0.480. The van der Waals surface area contributed by atoms with Gasteiger partial charge in [0, 0.05) is 52.9 Å². The van der Waals surface area contributed by atoms with Crippen LogP contribution in [0.15, 0.2) is 53.5 Å². The van der Waals surface area contributed by atoms with Crippen molar-refractivity contribution in [2.75, 3.05) is 53.4 Å². The van der Waals surface area contributed by atoms with Crippen molar-refractivity contribution >= 4 is 5.96 Å². The molecule has 0 spiro atoms. The molecule has 0 unspecified atom stereocenters. The predicted molar refractivity (Wildman–Crippen MR) is 129 cm³/mol. The van der Waals surface area contributed by atoms with E-state index in [-0.39, 0.29) is 0 Å². The molecular formula is C25H37N5O. The normalized spacial score (nSPS) is 15.6. The molecule has 0 atom stereocenters. The first kappa shape index (κ1) is 23.1. The van der Waals surface area contributed by atoms with E-state index >= 15 is 0 Å². The zero-order valence-corrected chi connectivity index (χ0v) is 19.2. The van der Waals surface area contributed by atoms with Crippen LogP contribution in [0.5, 0.6) is 5.75 Å². The second-order valence-electron chi connectivity index (χ2n) is 7.93. The maximum atomic E-state index is 5.22. The molecule has 0 amide bonds. The summed E-state index contributed by atoms with van der Waals surface area (Å²) >= 11 is 0. The fourth-order valence-corrected chi connectivity index (χ4v) is 3.91. The van der Waals surface area contributed by atoms with Gasteiger partial charge >= 0.3 is 0 Å². The van der Waals surface area contributed by atoms with Crippen LogP contribution in [-0.2, 0) is 19.5 Å². The van der Waals surface area contributed by atoms with E-state index in [1.54, 1.807) is 7.11 Å². The van der Waals surface area contributed by atoms with Crippen LogP contribution in [0, 0.1) is 0 Å². The first-order valence-corrected chi connectivity index (χ1v) is 11.3. The first-order chi connectivity index (χ1) is 15.2. The van der Waals surface area contributed by atoms with E-state index in [1.807, 2.05) is 19.2 Å². The number of hydrogen-bond donors (Lipinski definition) is 2. The van der Waals surface area contributed by atoms with Gasteiger partial charge in [-0.15, -0.1) is 0 Å². The first-order valence-electron chi connectivity index (χ1n) is 11.3. The van der Waals surface area contributed by atoms with E-state index in [2.05, 4.69) is 68.7 Å². The van der Waals surface area contributed by atoms with Crippen molar-refractivity contribution in [3.05, 3.63) is 65.2 Å². The summed E-state index contributed by atoms with van der Waals surface area (Å²) in [5, 5.41) is 6.90. The molecule has 1 fully saturated rings. The highest BCUT2D eigenvalue weighted by molar-refractivity contribution is 5.79. The minimum atomic E-state index is 0.771. The van der Waals surface area contributed by atoms with Crippen LogP contribution in [0.25, 0.3) is 0 Å². The minimum absolute atomic E-state index is 0.771. The van der Waals surface area contributed by atoms with E-state index in [0.717, 1.165) is 57.4 Å². The molecule has 0 aromatic heterocycles. The highest BCUT2D eigenvalue weighted by atomic mass is 16.5. The van der Waals surface area contributed by atoms with E-state index in [1.165, 1.54) is 29.8 Å². The topological polar surface area (TPSA) is 52.1 Å². The summed E-state index contributed by atoms with van der Waals surface area (Å²) < 4.78 is 5.22. The molecule has 168 valence electrons. The van der Waals surface area contributed by atoms with Crippen molar-refractivity contribution in [3.8, 4) is 5.75 Å². The van der Waals surface area contributed by atoms with Crippen molar-refractivity contribution in [1.82, 2.24) is 20.4 Å². The van der Waals surface area contributed by atoms with Crippen LogP contribution >= 0.6 is 0 Å². The van der Waals surface area contributed by atoms with Gasteiger partial charge in [-0.2, -0.15) is 0 Å². The van der Waals surface area contributed by atoms with E-state index in [0.29, 0.717) is 0 Å². The number of piperazine rings is 1. The van der Waals surface area contributed by atoms with Crippen LogP contribution in [0.4, 0.5) is 0 Å². The molecule has 1 saturated heterocycles. The Bertz CT molecular complexity index is 813. The lowest BCUT2D eigenvalue weighted by atomic mass is 10.1. The SMILES string of the molecule is CCN1CCN(Cc2ccccc2CNC(=NC)NCCc2ccc(OC)cc2)CC1. The Balaban J connectivity index is 1.46. The van der Waals surface area contributed by atoms with Crippen LogP contribution in [-0.4, -0.2) is 69.2 Å². The number of nitrogens with zero attached hydrogens (tertiary/aromatic N) is 3. The van der Waals surface area contributed by atoms with Crippen molar-refractivity contribution < 1.29 is 4.74 Å². The molecule has 0 radical (unpaired) electrons. The molecule has 31 heavy (non-hydrogen) atoms. The monoisotopic (exact) mass is 423 g/mol. The standard InChI is InChI=1S/C25H37N5O/c1-4-29-15-17-30(18-16-29)20-23-8-6-5-7-22(23)19-28-25(26-2)27-14-13-21-9-11-24(31-3)12-10-21/h5-12H,4,13-20H2,1-3H3,(H2,26,27,28). The number of aliphatic imine (C=N–C) groups is 1. The van der Waals surface area contributed by atoms with Gasteiger partial charge in [-0.05, 0) is 41.8 Å². The third kappa shape index (κ3) is 7.26. The van der Waals surface area contributed by atoms with E-state index < -0.39 is 0 Å². The summed E-state index contributed by atoms with van der Waals surface area (Å²) in [5.74, 6) is 1.72. The summed E-state index contributed by atoms with van der Waals surface area (Å²) in [6, 6.07) is 16.9. The van der Waals surface area contributed by atoms with Crippen molar-refractivity contribution in [2.45, 2.75) is 26.4 Å². The fourth-order valence-electron chi connectivity index (χ4n) is 3.91. The third-order valence-corrected chi connectivity index (χ3v) is 5.96. The van der Waals surface area contributed by atoms with Gasteiger partial charge in [0.05, 0.1) is 7.11 Å². The highest BCUT2D eigenvalue weighted by Gasteiger charge is 2.16. The van der Waals surface area contributed by atoms with Gasteiger partial charge < -0.3 is 20.3 Å². The van der Waals surface area contributed by atoms with Crippen LogP contribution in [0.2, 0.25) is 0 Å². The highest BCUT2D eigenvalue weighted by Crippen LogP contribution is 2.14. The van der Waals surface area contributed by atoms with Gasteiger partial charge in [-0.25, -0.2) is 0 Å². The number of likely N-dealkylation sites (N-methyl/N-ethyl adjacent to an activating group) is 1. The number of rotatable bonds is 9. The second-order valence-corrected chi connectivity index (χ2v) is 7.93. The average molecular weight is 424 g/mol. The Labute approximate surface area is 187 Å². The molecular weight excluding hydrogens is 386 g/mol. The van der Waals surface area contributed by atoms with Crippen molar-refractivity contribution in [1.29, 1.82) is 0 Å². The predicted octanol–water partition coefficient (Wildman–Crippen LogP) is 2.74. The summed E-state index contributed by atoms with van der Waals surface area (Å²) in [7, 11) is 3.51. The maximum Gasteiger partial charge on any atom is 0.191 e. The molecule has 2 N–H and O–H groups in total. The smallest absolute Gasteiger partial charge is 0.191 e. The number of hydrogen-bond acceptors (Lipinski definition) is 4. The third-order valence-electron chi connectivity index (χ3n) is 5.96.